The summed E-state index contributed by atoms with van der Waals surface area (Å²) in [5, 5.41) is 5.95. The lowest BCUT2D eigenvalue weighted by Gasteiger charge is -2.09. The van der Waals surface area contributed by atoms with Crippen molar-refractivity contribution in [1.29, 1.82) is 0 Å². The molecule has 0 atom stereocenters. The topological polar surface area (TPSA) is 84.5 Å². The van der Waals surface area contributed by atoms with Gasteiger partial charge in [-0.1, -0.05) is 47.0 Å². The highest BCUT2D eigenvalue weighted by Gasteiger charge is 2.11. The fraction of sp³-hybridized carbons (Fsp3) is 0.211. The first-order valence-corrected chi connectivity index (χ1v) is 8.82. The molecule has 2 aromatic carbocycles. The fourth-order valence-electron chi connectivity index (χ4n) is 2.15. The van der Waals surface area contributed by atoms with Crippen LogP contribution in [0.25, 0.3) is 0 Å². The highest BCUT2D eigenvalue weighted by atomic mass is 35.5. The zero-order chi connectivity index (χ0) is 19.8. The fourth-order valence-corrected chi connectivity index (χ4v) is 2.62. The minimum atomic E-state index is -0.712. The van der Waals surface area contributed by atoms with Crippen LogP contribution in [-0.2, 0) is 20.9 Å². The number of halogens is 2. The lowest BCUT2D eigenvalue weighted by atomic mass is 10.1. The third kappa shape index (κ3) is 6.92. The Morgan fingerprint density at radius 2 is 1.81 bits per heavy atom. The van der Waals surface area contributed by atoms with E-state index in [1.807, 2.05) is 13.0 Å². The lowest BCUT2D eigenvalue weighted by molar-refractivity contribution is -0.147. The Morgan fingerprint density at radius 3 is 2.52 bits per heavy atom. The lowest BCUT2D eigenvalue weighted by Crippen LogP contribution is -2.33. The van der Waals surface area contributed by atoms with Gasteiger partial charge in [0.15, 0.2) is 6.61 Å². The van der Waals surface area contributed by atoms with Gasteiger partial charge >= 0.3 is 5.97 Å². The first-order valence-electron chi connectivity index (χ1n) is 8.06. The molecule has 0 aromatic heterocycles. The van der Waals surface area contributed by atoms with E-state index in [0.717, 1.165) is 5.56 Å². The number of rotatable bonds is 7. The molecule has 6 nitrogen and oxygen atoms in total. The number of hydrogen-bond acceptors (Lipinski definition) is 4. The average Bonchev–Trinajstić information content (AvgIpc) is 2.63. The number of nitrogens with one attached hydrogen (secondary N) is 2. The molecule has 2 N–H and O–H groups in total. The van der Waals surface area contributed by atoms with Crippen molar-refractivity contribution in [1.82, 2.24) is 10.6 Å². The van der Waals surface area contributed by atoms with Crippen LogP contribution in [0, 0.1) is 6.92 Å². The second kappa shape index (κ2) is 9.94. The normalized spacial score (nSPS) is 10.2. The summed E-state index contributed by atoms with van der Waals surface area (Å²) in [6, 6.07) is 11.9. The Hall–Kier alpha value is -2.57. The molecule has 142 valence electrons. The van der Waals surface area contributed by atoms with Crippen LogP contribution in [-0.4, -0.2) is 30.9 Å². The first-order chi connectivity index (χ1) is 12.8. The van der Waals surface area contributed by atoms with E-state index in [1.54, 1.807) is 36.4 Å². The van der Waals surface area contributed by atoms with E-state index in [4.69, 9.17) is 27.9 Å². The van der Waals surface area contributed by atoms with Gasteiger partial charge in [-0.3, -0.25) is 14.4 Å². The van der Waals surface area contributed by atoms with Crippen LogP contribution in [0.4, 0.5) is 0 Å². The standard InChI is InChI=1S/C19H18Cl2N2O4/c1-12-3-2-4-13(7-12)19(26)23-10-18(25)27-11-17(24)22-9-14-5-6-15(20)8-16(14)21/h2-8H,9-11H2,1H3,(H,22,24)(H,23,26). The molecule has 0 aliphatic heterocycles. The second-order valence-corrected chi connectivity index (χ2v) is 6.57. The molecule has 0 bridgehead atoms. The molecule has 8 heteroatoms. The molecular formula is C19H18Cl2N2O4. The second-order valence-electron chi connectivity index (χ2n) is 5.73. The van der Waals surface area contributed by atoms with Crippen LogP contribution in [0.3, 0.4) is 0 Å². The molecule has 0 radical (unpaired) electrons. The maximum Gasteiger partial charge on any atom is 0.325 e. The molecule has 0 fully saturated rings. The van der Waals surface area contributed by atoms with Crippen molar-refractivity contribution >= 4 is 41.0 Å². The molecule has 0 spiro atoms. The maximum absolute atomic E-state index is 11.9. The number of esters is 1. The summed E-state index contributed by atoms with van der Waals surface area (Å²) in [4.78, 5) is 35.3. The van der Waals surface area contributed by atoms with Gasteiger partial charge in [0.2, 0.25) is 0 Å². The third-order valence-corrected chi connectivity index (χ3v) is 4.12. The molecule has 0 heterocycles. The number of hydrogen-bond donors (Lipinski definition) is 2. The summed E-state index contributed by atoms with van der Waals surface area (Å²) < 4.78 is 4.83. The molecule has 27 heavy (non-hydrogen) atoms. The summed E-state index contributed by atoms with van der Waals surface area (Å²) in [6.45, 7) is 1.25. The summed E-state index contributed by atoms with van der Waals surface area (Å²) in [7, 11) is 0. The van der Waals surface area contributed by atoms with Crippen LogP contribution in [0.5, 0.6) is 0 Å². The first kappa shape index (κ1) is 20.7. The zero-order valence-electron chi connectivity index (χ0n) is 14.6. The van der Waals surface area contributed by atoms with Gasteiger partial charge in [-0.05, 0) is 36.8 Å². The number of ether oxygens (including phenoxy) is 1. The molecular weight excluding hydrogens is 391 g/mol. The highest BCUT2D eigenvalue weighted by molar-refractivity contribution is 6.35. The Labute approximate surface area is 166 Å². The van der Waals surface area contributed by atoms with Gasteiger partial charge in [0.05, 0.1) is 0 Å². The monoisotopic (exact) mass is 408 g/mol. The van der Waals surface area contributed by atoms with Crippen LogP contribution in [0.1, 0.15) is 21.5 Å². The molecule has 0 unspecified atom stereocenters. The van der Waals surface area contributed by atoms with Crippen LogP contribution >= 0.6 is 23.2 Å². The van der Waals surface area contributed by atoms with Gasteiger partial charge < -0.3 is 15.4 Å². The van der Waals surface area contributed by atoms with Gasteiger partial charge in [0, 0.05) is 22.2 Å². The molecule has 0 aliphatic rings. The molecule has 0 saturated heterocycles. The van der Waals surface area contributed by atoms with Crippen molar-refractivity contribution in [3.8, 4) is 0 Å². The van der Waals surface area contributed by atoms with Crippen molar-refractivity contribution in [3.05, 3.63) is 69.2 Å². The van der Waals surface area contributed by atoms with E-state index in [1.165, 1.54) is 0 Å². The summed E-state index contributed by atoms with van der Waals surface area (Å²) in [5.74, 6) is -1.59. The predicted molar refractivity (Wildman–Crippen MR) is 103 cm³/mol. The number of carbonyl (C=O) groups excluding carboxylic acids is 3. The third-order valence-electron chi connectivity index (χ3n) is 3.53. The number of aryl methyl sites for hydroxylation is 1. The van der Waals surface area contributed by atoms with E-state index in [2.05, 4.69) is 10.6 Å². The quantitative estimate of drug-likeness (QED) is 0.689. The van der Waals surface area contributed by atoms with E-state index >= 15 is 0 Å². The minimum absolute atomic E-state index is 0.177. The van der Waals surface area contributed by atoms with Gasteiger partial charge in [-0.15, -0.1) is 0 Å². The van der Waals surface area contributed by atoms with E-state index in [9.17, 15) is 14.4 Å². The summed E-state index contributed by atoms with van der Waals surface area (Å²) in [5.41, 5.74) is 2.06. The van der Waals surface area contributed by atoms with Crippen LogP contribution < -0.4 is 10.6 Å². The van der Waals surface area contributed by atoms with Gasteiger partial charge in [0.25, 0.3) is 11.8 Å². The van der Waals surface area contributed by atoms with Crippen LogP contribution in [0.15, 0.2) is 42.5 Å². The van der Waals surface area contributed by atoms with Crippen molar-refractivity contribution < 1.29 is 19.1 Å². The number of amides is 2. The Balaban J connectivity index is 1.70. The smallest absolute Gasteiger partial charge is 0.325 e. The SMILES string of the molecule is Cc1cccc(C(=O)NCC(=O)OCC(=O)NCc2ccc(Cl)cc2Cl)c1. The van der Waals surface area contributed by atoms with Gasteiger partial charge in [-0.2, -0.15) is 0 Å². The molecule has 0 saturated carbocycles. The molecule has 2 amide bonds. The highest BCUT2D eigenvalue weighted by Crippen LogP contribution is 2.20. The zero-order valence-corrected chi connectivity index (χ0v) is 16.1. The van der Waals surface area contributed by atoms with Crippen LogP contribution in [0.2, 0.25) is 10.0 Å². The Kier molecular flexibility index (Phi) is 7.64. The largest absolute Gasteiger partial charge is 0.454 e. The van der Waals surface area contributed by atoms with Gasteiger partial charge in [0.1, 0.15) is 6.54 Å². The maximum atomic E-state index is 11.9. The average molecular weight is 409 g/mol. The van der Waals surface area contributed by atoms with Crippen molar-refractivity contribution in [2.75, 3.05) is 13.2 Å². The predicted octanol–water partition coefficient (Wildman–Crippen LogP) is 2.89. The van der Waals surface area contributed by atoms with Crippen molar-refractivity contribution in [3.63, 3.8) is 0 Å². The minimum Gasteiger partial charge on any atom is -0.454 e. The summed E-state index contributed by atoms with van der Waals surface area (Å²) >= 11 is 11.8. The molecule has 2 rings (SSSR count). The van der Waals surface area contributed by atoms with E-state index < -0.39 is 24.4 Å². The molecule has 2 aromatic rings. The van der Waals surface area contributed by atoms with Crippen molar-refractivity contribution in [2.45, 2.75) is 13.5 Å². The Morgan fingerprint density at radius 1 is 1.04 bits per heavy atom. The van der Waals surface area contributed by atoms with Gasteiger partial charge in [-0.25, -0.2) is 0 Å². The van der Waals surface area contributed by atoms with Crippen molar-refractivity contribution in [2.24, 2.45) is 0 Å². The molecule has 0 aliphatic carbocycles. The number of carbonyl (C=O) groups is 3. The van der Waals surface area contributed by atoms with E-state index in [-0.39, 0.29) is 13.1 Å². The van der Waals surface area contributed by atoms with E-state index in [0.29, 0.717) is 21.2 Å². The Bertz CT molecular complexity index is 855. The summed E-state index contributed by atoms with van der Waals surface area (Å²) in [6.07, 6.45) is 0. The number of benzene rings is 2.